The Hall–Kier alpha value is -1.17. The summed E-state index contributed by atoms with van der Waals surface area (Å²) >= 11 is 2.93. The smallest absolute Gasteiger partial charge is 0.377 e. The van der Waals surface area contributed by atoms with Crippen molar-refractivity contribution in [1.82, 2.24) is 5.16 Å². The first kappa shape index (κ1) is 8.92. The Balaban J connectivity index is 3.15. The topological polar surface area (TPSA) is 69.4 Å². The van der Waals surface area contributed by atoms with Crippen LogP contribution in [0.3, 0.4) is 0 Å². The minimum Gasteiger partial charge on any atom is -0.463 e. The number of ether oxygens (including phenoxy) is 1. The van der Waals surface area contributed by atoms with Gasteiger partial charge in [-0.15, -0.1) is 0 Å². The molecule has 0 aliphatic carbocycles. The van der Waals surface area contributed by atoms with Crippen molar-refractivity contribution in [3.05, 3.63) is 15.9 Å². The first-order valence-electron chi connectivity index (χ1n) is 2.89. The Labute approximate surface area is 75.8 Å². The second-order valence-corrected chi connectivity index (χ2v) is 2.58. The number of carbonyl (C=O) groups excluding carboxylic acids is 2. The summed E-state index contributed by atoms with van der Waals surface area (Å²) in [5.74, 6) is -0.922. The van der Waals surface area contributed by atoms with E-state index in [4.69, 9.17) is 0 Å². The molecule has 0 aliphatic heterocycles. The zero-order valence-corrected chi connectivity index (χ0v) is 7.62. The molecule has 0 saturated carbocycles. The lowest BCUT2D eigenvalue weighted by molar-refractivity contribution is 0.0552. The van der Waals surface area contributed by atoms with Crippen molar-refractivity contribution in [3.8, 4) is 0 Å². The largest absolute Gasteiger partial charge is 0.463 e. The molecule has 64 valence electrons. The lowest BCUT2D eigenvalue weighted by Crippen LogP contribution is -2.02. The number of methoxy groups -OCH3 is 1. The Morgan fingerprint density at radius 2 is 2.42 bits per heavy atom. The maximum absolute atomic E-state index is 10.9. The van der Waals surface area contributed by atoms with Crippen molar-refractivity contribution >= 4 is 28.2 Å². The van der Waals surface area contributed by atoms with E-state index < -0.39 is 5.97 Å². The van der Waals surface area contributed by atoms with Crippen LogP contribution in [-0.2, 0) is 4.74 Å². The highest BCUT2D eigenvalue weighted by molar-refractivity contribution is 9.10. The number of nitrogens with zero attached hydrogens (tertiary/aromatic N) is 1. The lowest BCUT2D eigenvalue weighted by atomic mass is 10.3. The molecule has 1 aromatic rings. The molecular formula is C6H4BrNO4. The zero-order valence-electron chi connectivity index (χ0n) is 6.04. The van der Waals surface area contributed by atoms with Gasteiger partial charge in [0.2, 0.25) is 0 Å². The summed E-state index contributed by atoms with van der Waals surface area (Å²) in [4.78, 5) is 21.3. The van der Waals surface area contributed by atoms with E-state index in [0.29, 0.717) is 6.29 Å². The van der Waals surface area contributed by atoms with E-state index in [1.54, 1.807) is 0 Å². The Morgan fingerprint density at radius 3 is 2.92 bits per heavy atom. The number of rotatable bonds is 2. The molecule has 5 nitrogen and oxygen atoms in total. The molecule has 0 atom stereocenters. The van der Waals surface area contributed by atoms with Gasteiger partial charge in [0.1, 0.15) is 5.56 Å². The van der Waals surface area contributed by atoms with Gasteiger partial charge >= 0.3 is 5.97 Å². The van der Waals surface area contributed by atoms with Crippen molar-refractivity contribution in [1.29, 1.82) is 0 Å². The van der Waals surface area contributed by atoms with Crippen LogP contribution in [0, 0.1) is 0 Å². The summed E-state index contributed by atoms with van der Waals surface area (Å²) in [7, 11) is 1.19. The van der Waals surface area contributed by atoms with Gasteiger partial charge in [0.25, 0.3) is 5.76 Å². The molecular weight excluding hydrogens is 230 g/mol. The van der Waals surface area contributed by atoms with Gasteiger partial charge in [-0.3, -0.25) is 4.79 Å². The van der Waals surface area contributed by atoms with E-state index in [1.807, 2.05) is 0 Å². The lowest BCUT2D eigenvalue weighted by Gasteiger charge is -1.91. The Bertz CT molecular complexity index is 319. The third kappa shape index (κ3) is 1.38. The number of hydrogen-bond acceptors (Lipinski definition) is 5. The van der Waals surface area contributed by atoms with Crippen molar-refractivity contribution in [2.45, 2.75) is 0 Å². The van der Waals surface area contributed by atoms with Crippen LogP contribution in [0.1, 0.15) is 20.9 Å². The van der Waals surface area contributed by atoms with Gasteiger partial charge in [0.05, 0.1) is 7.11 Å². The van der Waals surface area contributed by atoms with Crippen molar-refractivity contribution in [2.24, 2.45) is 0 Å². The predicted molar refractivity (Wildman–Crippen MR) is 40.9 cm³/mol. The standard InChI is InChI=1S/C6H4BrNO4/c1-11-6(10)4-3(2-9)5(7)8-12-4/h2H,1H3. The summed E-state index contributed by atoms with van der Waals surface area (Å²) in [5, 5.41) is 3.37. The van der Waals surface area contributed by atoms with Gasteiger partial charge in [-0.25, -0.2) is 4.79 Å². The number of carbonyl (C=O) groups is 2. The van der Waals surface area contributed by atoms with Crippen LogP contribution in [0.5, 0.6) is 0 Å². The molecule has 0 spiro atoms. The van der Waals surface area contributed by atoms with Crippen LogP contribution < -0.4 is 0 Å². The normalized spacial score (nSPS) is 9.50. The number of halogens is 1. The van der Waals surface area contributed by atoms with Gasteiger partial charge in [-0.05, 0) is 15.9 Å². The van der Waals surface area contributed by atoms with Crippen LogP contribution in [0.25, 0.3) is 0 Å². The second kappa shape index (κ2) is 3.48. The third-order valence-corrected chi connectivity index (χ3v) is 1.74. The van der Waals surface area contributed by atoms with Gasteiger partial charge in [-0.2, -0.15) is 0 Å². The molecule has 0 bridgehead atoms. The summed E-state index contributed by atoms with van der Waals surface area (Å²) in [6.07, 6.45) is 0.465. The van der Waals surface area contributed by atoms with E-state index in [0.717, 1.165) is 0 Å². The van der Waals surface area contributed by atoms with E-state index in [1.165, 1.54) is 7.11 Å². The minimum atomic E-state index is -0.727. The molecule has 1 aromatic heterocycles. The fourth-order valence-corrected chi connectivity index (χ4v) is 0.966. The van der Waals surface area contributed by atoms with Crippen molar-refractivity contribution in [3.63, 3.8) is 0 Å². The molecule has 0 radical (unpaired) electrons. The summed E-state index contributed by atoms with van der Waals surface area (Å²) < 4.78 is 9.07. The molecule has 1 heterocycles. The number of hydrogen-bond donors (Lipinski definition) is 0. The average Bonchev–Trinajstić information content (AvgIpc) is 2.45. The van der Waals surface area contributed by atoms with Gasteiger partial charge in [-0.1, -0.05) is 5.16 Å². The predicted octanol–water partition coefficient (Wildman–Crippen LogP) is 1.04. The van der Waals surface area contributed by atoms with Crippen LogP contribution >= 0.6 is 15.9 Å². The molecule has 12 heavy (non-hydrogen) atoms. The maximum Gasteiger partial charge on any atom is 0.377 e. The van der Waals surface area contributed by atoms with Gasteiger partial charge < -0.3 is 9.26 Å². The highest BCUT2D eigenvalue weighted by Gasteiger charge is 2.20. The van der Waals surface area contributed by atoms with E-state index >= 15 is 0 Å². The molecule has 0 aliphatic rings. The number of esters is 1. The van der Waals surface area contributed by atoms with Crippen molar-refractivity contribution in [2.75, 3.05) is 7.11 Å². The highest BCUT2D eigenvalue weighted by atomic mass is 79.9. The first-order valence-corrected chi connectivity index (χ1v) is 3.68. The number of aromatic nitrogens is 1. The summed E-state index contributed by atoms with van der Waals surface area (Å²) in [5.41, 5.74) is 0.0573. The van der Waals surface area contributed by atoms with E-state index in [-0.39, 0.29) is 15.9 Å². The SMILES string of the molecule is COC(=O)c1onc(Br)c1C=O. The molecule has 0 amide bonds. The van der Waals surface area contributed by atoms with Crippen LogP contribution in [0.15, 0.2) is 9.13 Å². The molecule has 0 aromatic carbocycles. The Morgan fingerprint density at radius 1 is 1.75 bits per heavy atom. The average molecular weight is 234 g/mol. The van der Waals surface area contributed by atoms with Crippen LogP contribution in [0.2, 0.25) is 0 Å². The van der Waals surface area contributed by atoms with Crippen molar-refractivity contribution < 1.29 is 18.8 Å². The summed E-state index contributed by atoms with van der Waals surface area (Å²) in [6, 6.07) is 0. The maximum atomic E-state index is 10.9. The zero-order chi connectivity index (χ0) is 9.14. The fourth-order valence-electron chi connectivity index (χ4n) is 0.620. The number of aldehydes is 1. The van der Waals surface area contributed by atoms with Crippen LogP contribution in [-0.4, -0.2) is 24.5 Å². The van der Waals surface area contributed by atoms with E-state index in [9.17, 15) is 9.59 Å². The molecule has 0 fully saturated rings. The highest BCUT2D eigenvalue weighted by Crippen LogP contribution is 2.17. The molecule has 0 N–H and O–H groups in total. The second-order valence-electron chi connectivity index (χ2n) is 1.83. The van der Waals surface area contributed by atoms with E-state index in [2.05, 4.69) is 30.3 Å². The van der Waals surface area contributed by atoms with Gasteiger partial charge in [0.15, 0.2) is 10.9 Å². The molecule has 1 rings (SSSR count). The monoisotopic (exact) mass is 233 g/mol. The minimum absolute atomic E-state index is 0.0573. The summed E-state index contributed by atoms with van der Waals surface area (Å²) in [6.45, 7) is 0. The molecule has 0 saturated heterocycles. The van der Waals surface area contributed by atoms with Crippen LogP contribution in [0.4, 0.5) is 0 Å². The Kier molecular flexibility index (Phi) is 2.59. The third-order valence-electron chi connectivity index (χ3n) is 1.17. The van der Waals surface area contributed by atoms with Gasteiger partial charge in [0, 0.05) is 0 Å². The fraction of sp³-hybridized carbons (Fsp3) is 0.167. The first-order chi connectivity index (χ1) is 5.70. The molecule has 6 heteroatoms. The molecule has 0 unspecified atom stereocenters. The quantitative estimate of drug-likeness (QED) is 0.564.